The molecule has 5 nitrogen and oxygen atoms in total. The molecular weight excluding hydrogens is 244 g/mol. The van der Waals surface area contributed by atoms with E-state index in [0.717, 1.165) is 24.4 Å². The monoisotopic (exact) mass is 262 g/mol. The number of carbonyl (C=O) groups is 1. The minimum atomic E-state index is -0.165. The second-order valence-electron chi connectivity index (χ2n) is 4.99. The van der Waals surface area contributed by atoms with Gasteiger partial charge in [-0.1, -0.05) is 0 Å². The van der Waals surface area contributed by atoms with Gasteiger partial charge in [-0.15, -0.1) is 0 Å². The lowest BCUT2D eigenvalue weighted by atomic mass is 10.3. The Labute approximate surface area is 112 Å². The van der Waals surface area contributed by atoms with Crippen LogP contribution in [0.5, 0.6) is 11.5 Å². The number of hydrogen-bond donors (Lipinski definition) is 2. The van der Waals surface area contributed by atoms with E-state index in [9.17, 15) is 4.79 Å². The zero-order valence-corrected chi connectivity index (χ0v) is 10.8. The second-order valence-corrected chi connectivity index (χ2v) is 4.99. The molecule has 19 heavy (non-hydrogen) atoms. The fourth-order valence-electron chi connectivity index (χ4n) is 1.98. The third kappa shape index (κ3) is 3.30. The average molecular weight is 262 g/mol. The summed E-state index contributed by atoms with van der Waals surface area (Å²) in [4.78, 5) is 11.7. The molecule has 1 aromatic carbocycles. The smallest absolute Gasteiger partial charge is 0.319 e. The van der Waals surface area contributed by atoms with E-state index in [0.29, 0.717) is 24.9 Å². The molecule has 0 spiro atoms. The lowest BCUT2D eigenvalue weighted by Crippen LogP contribution is -2.30. The molecule has 1 heterocycles. The van der Waals surface area contributed by atoms with Crippen LogP contribution in [0.2, 0.25) is 0 Å². The maximum absolute atomic E-state index is 11.7. The summed E-state index contributed by atoms with van der Waals surface area (Å²) in [6, 6.07) is 5.29. The van der Waals surface area contributed by atoms with Crippen molar-refractivity contribution in [3.63, 3.8) is 0 Å². The van der Waals surface area contributed by atoms with E-state index in [2.05, 4.69) is 10.6 Å². The van der Waals surface area contributed by atoms with Gasteiger partial charge in [0.1, 0.15) is 0 Å². The quantitative estimate of drug-likeness (QED) is 0.879. The van der Waals surface area contributed by atoms with Crippen LogP contribution in [0, 0.1) is 5.92 Å². The number of rotatable bonds is 3. The van der Waals surface area contributed by atoms with Crippen molar-refractivity contribution in [3.8, 4) is 11.5 Å². The van der Waals surface area contributed by atoms with Crippen molar-refractivity contribution < 1.29 is 14.3 Å². The molecule has 0 radical (unpaired) electrons. The van der Waals surface area contributed by atoms with Crippen LogP contribution in [-0.4, -0.2) is 25.8 Å². The number of nitrogens with one attached hydrogen (secondary N) is 2. The Hall–Kier alpha value is -1.91. The summed E-state index contributed by atoms with van der Waals surface area (Å²) in [6.45, 7) is 2.07. The molecule has 3 rings (SSSR count). The Balaban J connectivity index is 1.60. The summed E-state index contributed by atoms with van der Waals surface area (Å²) >= 11 is 0. The van der Waals surface area contributed by atoms with Crippen molar-refractivity contribution in [2.45, 2.75) is 19.3 Å². The summed E-state index contributed by atoms with van der Waals surface area (Å²) < 4.78 is 11.1. The third-order valence-electron chi connectivity index (χ3n) is 3.25. The topological polar surface area (TPSA) is 59.6 Å². The Morgan fingerprint density at radius 3 is 2.79 bits per heavy atom. The lowest BCUT2D eigenvalue weighted by molar-refractivity contribution is 0.251. The summed E-state index contributed by atoms with van der Waals surface area (Å²) in [5, 5.41) is 5.67. The maximum Gasteiger partial charge on any atom is 0.319 e. The van der Waals surface area contributed by atoms with E-state index in [1.807, 2.05) is 12.1 Å². The van der Waals surface area contributed by atoms with E-state index < -0.39 is 0 Å². The molecule has 2 N–H and O–H groups in total. The minimum Gasteiger partial charge on any atom is -0.490 e. The predicted molar refractivity (Wildman–Crippen MR) is 71.8 cm³/mol. The first-order valence-electron chi connectivity index (χ1n) is 6.76. The van der Waals surface area contributed by atoms with Crippen LogP contribution in [0.4, 0.5) is 10.5 Å². The van der Waals surface area contributed by atoms with E-state index in [1.165, 1.54) is 12.8 Å². The first-order chi connectivity index (χ1) is 9.31. The number of ether oxygens (including phenoxy) is 2. The fourth-order valence-corrected chi connectivity index (χ4v) is 1.98. The highest BCUT2D eigenvalue weighted by Gasteiger charge is 2.21. The molecule has 0 bridgehead atoms. The standard InChI is InChI=1S/C14H18N2O3/c17-14(15-9-10-2-3-10)16-11-4-5-12-13(8-11)19-7-1-6-18-12/h4-5,8,10H,1-3,6-7,9H2,(H2,15,16,17). The van der Waals surface area contributed by atoms with Gasteiger partial charge in [0.2, 0.25) is 0 Å². The van der Waals surface area contributed by atoms with E-state index in [1.54, 1.807) is 6.07 Å². The Kier molecular flexibility index (Phi) is 3.44. The largest absolute Gasteiger partial charge is 0.490 e. The van der Waals surface area contributed by atoms with Crippen LogP contribution >= 0.6 is 0 Å². The van der Waals surface area contributed by atoms with Crippen LogP contribution < -0.4 is 20.1 Å². The molecule has 0 unspecified atom stereocenters. The highest BCUT2D eigenvalue weighted by molar-refractivity contribution is 5.89. The Bertz CT molecular complexity index is 472. The molecule has 1 saturated carbocycles. The first kappa shape index (κ1) is 12.1. The van der Waals surface area contributed by atoms with Crippen molar-refractivity contribution in [1.82, 2.24) is 5.32 Å². The van der Waals surface area contributed by atoms with Crippen molar-refractivity contribution in [1.29, 1.82) is 0 Å². The number of amides is 2. The van der Waals surface area contributed by atoms with Crippen molar-refractivity contribution in [3.05, 3.63) is 18.2 Å². The van der Waals surface area contributed by atoms with Gasteiger partial charge in [0, 0.05) is 24.7 Å². The van der Waals surface area contributed by atoms with Gasteiger partial charge >= 0.3 is 6.03 Å². The maximum atomic E-state index is 11.7. The molecule has 0 saturated heterocycles. The molecular formula is C14H18N2O3. The zero-order chi connectivity index (χ0) is 13.1. The number of hydrogen-bond acceptors (Lipinski definition) is 3. The summed E-state index contributed by atoms with van der Waals surface area (Å²) in [6.07, 6.45) is 3.33. The SMILES string of the molecule is O=C(NCC1CC1)Nc1ccc2c(c1)OCCCO2. The zero-order valence-electron chi connectivity index (χ0n) is 10.8. The lowest BCUT2D eigenvalue weighted by Gasteiger charge is -2.11. The summed E-state index contributed by atoms with van der Waals surface area (Å²) in [5.74, 6) is 2.11. The highest BCUT2D eigenvalue weighted by atomic mass is 16.5. The average Bonchev–Trinajstić information content (AvgIpc) is 3.23. The molecule has 1 aliphatic carbocycles. The van der Waals surface area contributed by atoms with Gasteiger partial charge in [0.15, 0.2) is 11.5 Å². The predicted octanol–water partition coefficient (Wildman–Crippen LogP) is 2.38. The fraction of sp³-hybridized carbons (Fsp3) is 0.500. The van der Waals surface area contributed by atoms with Crippen molar-refractivity contribution in [2.24, 2.45) is 5.92 Å². The van der Waals surface area contributed by atoms with Gasteiger partial charge in [-0.3, -0.25) is 0 Å². The van der Waals surface area contributed by atoms with Crippen molar-refractivity contribution in [2.75, 3.05) is 25.1 Å². The minimum absolute atomic E-state index is 0.165. The van der Waals surface area contributed by atoms with Crippen LogP contribution in [0.15, 0.2) is 18.2 Å². The summed E-state index contributed by atoms with van der Waals surface area (Å²) in [7, 11) is 0. The molecule has 0 aromatic heterocycles. The van der Waals surface area contributed by atoms with Gasteiger partial charge in [-0.25, -0.2) is 4.79 Å². The molecule has 1 aliphatic heterocycles. The van der Waals surface area contributed by atoms with Gasteiger partial charge in [-0.05, 0) is 30.9 Å². The third-order valence-corrected chi connectivity index (χ3v) is 3.25. The number of urea groups is 1. The molecule has 1 fully saturated rings. The normalized spacial score (nSPS) is 17.5. The van der Waals surface area contributed by atoms with E-state index in [4.69, 9.17) is 9.47 Å². The van der Waals surface area contributed by atoms with Crippen LogP contribution in [0.3, 0.4) is 0 Å². The van der Waals surface area contributed by atoms with Gasteiger partial charge in [0.25, 0.3) is 0 Å². The number of fused-ring (bicyclic) bond motifs is 1. The molecule has 102 valence electrons. The molecule has 0 atom stereocenters. The molecule has 5 heteroatoms. The molecule has 2 aliphatic rings. The highest BCUT2D eigenvalue weighted by Crippen LogP contribution is 2.32. The van der Waals surface area contributed by atoms with Gasteiger partial charge in [-0.2, -0.15) is 0 Å². The molecule has 2 amide bonds. The van der Waals surface area contributed by atoms with Crippen LogP contribution in [-0.2, 0) is 0 Å². The second kappa shape index (κ2) is 5.38. The number of anilines is 1. The van der Waals surface area contributed by atoms with Crippen LogP contribution in [0.1, 0.15) is 19.3 Å². The first-order valence-corrected chi connectivity index (χ1v) is 6.76. The van der Waals surface area contributed by atoms with Crippen molar-refractivity contribution >= 4 is 11.7 Å². The van der Waals surface area contributed by atoms with E-state index >= 15 is 0 Å². The van der Waals surface area contributed by atoms with Crippen LogP contribution in [0.25, 0.3) is 0 Å². The van der Waals surface area contributed by atoms with Gasteiger partial charge in [0.05, 0.1) is 13.2 Å². The van der Waals surface area contributed by atoms with E-state index in [-0.39, 0.29) is 6.03 Å². The Morgan fingerprint density at radius 2 is 2.00 bits per heavy atom. The van der Waals surface area contributed by atoms with Gasteiger partial charge < -0.3 is 20.1 Å². The Morgan fingerprint density at radius 1 is 1.21 bits per heavy atom. The number of carbonyl (C=O) groups excluding carboxylic acids is 1. The number of benzene rings is 1. The summed E-state index contributed by atoms with van der Waals surface area (Å²) in [5.41, 5.74) is 0.720. The molecule has 1 aromatic rings.